The summed E-state index contributed by atoms with van der Waals surface area (Å²) in [4.78, 5) is 18.9. The highest BCUT2D eigenvalue weighted by molar-refractivity contribution is 7.99. The molecule has 11 heteroatoms. The highest BCUT2D eigenvalue weighted by Crippen LogP contribution is 2.41. The Hall–Kier alpha value is -1.69. The van der Waals surface area contributed by atoms with Gasteiger partial charge < -0.3 is 30.5 Å². The Morgan fingerprint density at radius 2 is 2.00 bits per heavy atom. The molecule has 2 aromatic rings. The Kier molecular flexibility index (Phi) is 6.41. The predicted molar refractivity (Wildman–Crippen MR) is 127 cm³/mol. The van der Waals surface area contributed by atoms with Gasteiger partial charge in [0.25, 0.3) is 0 Å². The number of piperidine rings is 1. The first-order chi connectivity index (χ1) is 15.9. The fraction of sp³-hybridized carbons (Fsp3) is 0.591. The number of aliphatic hydroxyl groups excluding tert-OH is 2. The highest BCUT2D eigenvalue weighted by Gasteiger charge is 2.44. The van der Waals surface area contributed by atoms with E-state index in [4.69, 9.17) is 32.0 Å². The molecule has 3 saturated heterocycles. The van der Waals surface area contributed by atoms with E-state index < -0.39 is 0 Å². The van der Waals surface area contributed by atoms with Crippen LogP contribution in [0.15, 0.2) is 22.2 Å². The van der Waals surface area contributed by atoms with Crippen LogP contribution in [0.2, 0.25) is 5.02 Å². The van der Waals surface area contributed by atoms with Gasteiger partial charge in [-0.25, -0.2) is 15.0 Å². The summed E-state index contributed by atoms with van der Waals surface area (Å²) >= 11 is 8.04. The summed E-state index contributed by atoms with van der Waals surface area (Å²) in [7, 11) is 0. The molecular formula is C22H29ClN6O3S. The second-order valence-corrected chi connectivity index (χ2v) is 10.5. The summed E-state index contributed by atoms with van der Waals surface area (Å²) < 4.78 is 5.63. The third-order valence-corrected chi connectivity index (χ3v) is 8.59. The van der Waals surface area contributed by atoms with Crippen molar-refractivity contribution in [2.45, 2.75) is 48.4 Å². The van der Waals surface area contributed by atoms with Gasteiger partial charge in [0.1, 0.15) is 16.5 Å². The van der Waals surface area contributed by atoms with Gasteiger partial charge in [-0.1, -0.05) is 23.4 Å². The van der Waals surface area contributed by atoms with E-state index in [2.05, 4.69) is 9.88 Å². The standard InChI is InChI=1S/C22H29ClN6O3S/c1-13-21(33-16-2-5-25-20(18(16)23)29-8-14(31)9-29)27-15(10-30)19(26-13)28-6-3-22(4-7-28)12-32-11-17(22)24/h2,5,14,17,30-31H,3-4,6-12,24H2,1H3/t17-/m1/s1. The summed E-state index contributed by atoms with van der Waals surface area (Å²) in [5.74, 6) is 1.39. The molecule has 5 rings (SSSR count). The molecule has 0 radical (unpaired) electrons. The van der Waals surface area contributed by atoms with Crippen LogP contribution >= 0.6 is 23.4 Å². The second kappa shape index (κ2) is 9.16. The van der Waals surface area contributed by atoms with E-state index >= 15 is 0 Å². The number of ether oxygens (including phenoxy) is 1. The van der Waals surface area contributed by atoms with Gasteiger partial charge in [-0.2, -0.15) is 0 Å². The summed E-state index contributed by atoms with van der Waals surface area (Å²) in [6, 6.07) is 1.93. The van der Waals surface area contributed by atoms with Gasteiger partial charge in [0, 0.05) is 48.7 Å². The van der Waals surface area contributed by atoms with Crippen LogP contribution in [-0.2, 0) is 11.3 Å². The summed E-state index contributed by atoms with van der Waals surface area (Å²) in [5.41, 5.74) is 7.71. The molecule has 0 aromatic carbocycles. The Labute approximate surface area is 202 Å². The zero-order valence-electron chi connectivity index (χ0n) is 18.6. The molecule has 178 valence electrons. The van der Waals surface area contributed by atoms with Gasteiger partial charge in [0.2, 0.25) is 0 Å². The quantitative estimate of drug-likeness (QED) is 0.567. The molecule has 4 N–H and O–H groups in total. The number of anilines is 2. The first-order valence-corrected chi connectivity index (χ1v) is 12.4. The molecular weight excluding hydrogens is 464 g/mol. The molecule has 0 amide bonds. The zero-order chi connectivity index (χ0) is 23.2. The lowest BCUT2D eigenvalue weighted by atomic mass is 9.75. The van der Waals surface area contributed by atoms with Crippen molar-refractivity contribution in [3.05, 3.63) is 28.7 Å². The van der Waals surface area contributed by atoms with Crippen molar-refractivity contribution in [1.29, 1.82) is 0 Å². The maximum atomic E-state index is 10.1. The third-order valence-electron chi connectivity index (χ3n) is 6.96. The minimum absolute atomic E-state index is 0.0520. The zero-order valence-corrected chi connectivity index (χ0v) is 20.1. The molecule has 0 aliphatic carbocycles. The molecule has 3 fully saturated rings. The van der Waals surface area contributed by atoms with Crippen LogP contribution in [0.1, 0.15) is 24.2 Å². The van der Waals surface area contributed by atoms with Gasteiger partial charge in [-0.15, -0.1) is 0 Å². The second-order valence-electron chi connectivity index (χ2n) is 9.12. The van der Waals surface area contributed by atoms with Gasteiger partial charge in [0.05, 0.1) is 36.6 Å². The van der Waals surface area contributed by atoms with Gasteiger partial charge in [-0.3, -0.25) is 0 Å². The van der Waals surface area contributed by atoms with E-state index in [0.717, 1.165) is 48.9 Å². The van der Waals surface area contributed by atoms with Crippen LogP contribution in [0.3, 0.4) is 0 Å². The number of aromatic nitrogens is 3. The van der Waals surface area contributed by atoms with Crippen molar-refractivity contribution in [1.82, 2.24) is 15.0 Å². The summed E-state index contributed by atoms with van der Waals surface area (Å²) in [6.45, 7) is 5.76. The molecule has 0 unspecified atom stereocenters. The molecule has 0 saturated carbocycles. The van der Waals surface area contributed by atoms with Crippen molar-refractivity contribution in [2.75, 3.05) is 49.2 Å². The fourth-order valence-corrected chi connectivity index (χ4v) is 5.99. The average molecular weight is 493 g/mol. The van der Waals surface area contributed by atoms with E-state index in [1.54, 1.807) is 6.20 Å². The van der Waals surface area contributed by atoms with E-state index in [-0.39, 0.29) is 24.2 Å². The lowest BCUT2D eigenvalue weighted by Gasteiger charge is -2.41. The SMILES string of the molecule is Cc1nc(N2CCC3(CC2)COC[C@H]3N)c(CO)nc1Sc1ccnc(N2CC(O)C2)c1Cl. The number of hydrogen-bond donors (Lipinski definition) is 3. The van der Waals surface area contributed by atoms with Crippen LogP contribution in [-0.4, -0.2) is 76.7 Å². The Bertz CT molecular complexity index is 1030. The largest absolute Gasteiger partial charge is 0.390 e. The maximum Gasteiger partial charge on any atom is 0.153 e. The van der Waals surface area contributed by atoms with E-state index in [9.17, 15) is 10.2 Å². The first-order valence-electron chi connectivity index (χ1n) is 11.2. The number of β-amino-alcohol motifs (C(OH)–C–C–N with tert-alkyl or cyclic N) is 1. The third kappa shape index (κ3) is 4.28. The van der Waals surface area contributed by atoms with Crippen molar-refractivity contribution in [2.24, 2.45) is 11.1 Å². The van der Waals surface area contributed by atoms with Crippen molar-refractivity contribution in [3.63, 3.8) is 0 Å². The fourth-order valence-electron chi connectivity index (χ4n) is 4.78. The van der Waals surface area contributed by atoms with E-state index in [1.165, 1.54) is 11.8 Å². The molecule has 0 bridgehead atoms. The van der Waals surface area contributed by atoms with Gasteiger partial charge in [-0.05, 0) is 25.8 Å². The van der Waals surface area contributed by atoms with Gasteiger partial charge >= 0.3 is 0 Å². The summed E-state index contributed by atoms with van der Waals surface area (Å²) in [5, 5.41) is 20.9. The van der Waals surface area contributed by atoms with Crippen molar-refractivity contribution < 1.29 is 14.9 Å². The predicted octanol–water partition coefficient (Wildman–Crippen LogP) is 1.60. The van der Waals surface area contributed by atoms with Crippen molar-refractivity contribution >= 4 is 35.0 Å². The molecule has 9 nitrogen and oxygen atoms in total. The number of hydrogen-bond acceptors (Lipinski definition) is 10. The minimum atomic E-state index is -0.339. The van der Waals surface area contributed by atoms with E-state index in [0.29, 0.717) is 41.3 Å². The lowest BCUT2D eigenvalue weighted by Crippen LogP contribution is -2.51. The molecule has 1 atom stereocenters. The average Bonchev–Trinajstić information content (AvgIpc) is 3.14. The van der Waals surface area contributed by atoms with Crippen LogP contribution < -0.4 is 15.5 Å². The Morgan fingerprint density at radius 3 is 2.64 bits per heavy atom. The van der Waals surface area contributed by atoms with Crippen LogP contribution in [0, 0.1) is 12.3 Å². The van der Waals surface area contributed by atoms with Crippen LogP contribution in [0.4, 0.5) is 11.6 Å². The smallest absolute Gasteiger partial charge is 0.153 e. The number of rotatable bonds is 5. The van der Waals surface area contributed by atoms with Crippen molar-refractivity contribution in [3.8, 4) is 0 Å². The number of aliphatic hydroxyl groups is 2. The molecule has 3 aliphatic rings. The van der Waals surface area contributed by atoms with Crippen LogP contribution in [0.25, 0.3) is 0 Å². The number of nitrogens with two attached hydrogens (primary N) is 1. The monoisotopic (exact) mass is 492 g/mol. The van der Waals surface area contributed by atoms with Gasteiger partial charge in [0.15, 0.2) is 5.82 Å². The minimum Gasteiger partial charge on any atom is -0.390 e. The Balaban J connectivity index is 1.35. The van der Waals surface area contributed by atoms with E-state index in [1.807, 2.05) is 17.9 Å². The van der Waals surface area contributed by atoms with Crippen LogP contribution in [0.5, 0.6) is 0 Å². The highest BCUT2D eigenvalue weighted by atomic mass is 35.5. The summed E-state index contributed by atoms with van der Waals surface area (Å²) in [6.07, 6.45) is 3.25. The lowest BCUT2D eigenvalue weighted by molar-refractivity contribution is 0.131. The maximum absolute atomic E-state index is 10.1. The number of pyridine rings is 1. The molecule has 2 aromatic heterocycles. The molecule has 3 aliphatic heterocycles. The molecule has 1 spiro atoms. The normalized spacial score (nSPS) is 22.8. The number of halogens is 1. The first kappa shape index (κ1) is 23.1. The molecule has 5 heterocycles. The number of nitrogens with zero attached hydrogens (tertiary/aromatic N) is 5. The topological polar surface area (TPSA) is 121 Å². The number of aryl methyl sites for hydroxylation is 1. The Morgan fingerprint density at radius 1 is 1.24 bits per heavy atom. The molecule has 33 heavy (non-hydrogen) atoms.